The van der Waals surface area contributed by atoms with E-state index >= 15 is 0 Å². The molecule has 0 aliphatic carbocycles. The normalized spacial score (nSPS) is 10.8. The molecule has 0 aliphatic rings. The third-order valence-corrected chi connectivity index (χ3v) is 2.88. The van der Waals surface area contributed by atoms with Gasteiger partial charge in [-0.15, -0.1) is 0 Å². The van der Waals surface area contributed by atoms with Crippen LogP contribution in [0, 0.1) is 6.92 Å². The van der Waals surface area contributed by atoms with Crippen molar-refractivity contribution in [3.05, 3.63) is 70.8 Å². The highest BCUT2D eigenvalue weighted by Crippen LogP contribution is 2.17. The second-order valence-corrected chi connectivity index (χ2v) is 4.45. The highest BCUT2D eigenvalue weighted by atomic mass is 35.5. The molecule has 2 aromatic rings. The Kier molecular flexibility index (Phi) is 3.96. The number of carbonyl (C=O) groups excluding carboxylic acids is 1. The van der Waals surface area contributed by atoms with Gasteiger partial charge in [-0.1, -0.05) is 60.2 Å². The Hall–Kier alpha value is -1.86. The van der Waals surface area contributed by atoms with E-state index in [1.54, 1.807) is 6.07 Å². The molecule has 0 unspecified atom stereocenters. The minimum Gasteiger partial charge on any atom is -0.276 e. The molecular weight excluding hydrogens is 244 g/mol. The predicted molar refractivity (Wildman–Crippen MR) is 76.7 cm³/mol. The molecule has 0 fully saturated rings. The van der Waals surface area contributed by atoms with E-state index in [0.29, 0.717) is 5.56 Å². The summed E-state index contributed by atoms with van der Waals surface area (Å²) in [6, 6.07) is 15.5. The van der Waals surface area contributed by atoms with Crippen molar-refractivity contribution in [2.24, 2.45) is 0 Å². The van der Waals surface area contributed by atoms with Gasteiger partial charge in [-0.2, -0.15) is 0 Å². The first-order chi connectivity index (χ1) is 8.66. The summed E-state index contributed by atoms with van der Waals surface area (Å²) < 4.78 is 0. The number of halogens is 1. The maximum absolute atomic E-state index is 11.3. The monoisotopic (exact) mass is 256 g/mol. The average Bonchev–Trinajstić information content (AvgIpc) is 2.37. The van der Waals surface area contributed by atoms with E-state index in [1.807, 2.05) is 61.5 Å². The summed E-state index contributed by atoms with van der Waals surface area (Å²) in [6.07, 6.45) is 3.88. The molecule has 0 saturated heterocycles. The molecule has 90 valence electrons. The molecule has 0 saturated carbocycles. The van der Waals surface area contributed by atoms with Crippen LogP contribution in [0.3, 0.4) is 0 Å². The Morgan fingerprint density at radius 1 is 1.06 bits per heavy atom. The lowest BCUT2D eigenvalue weighted by Crippen LogP contribution is -1.93. The molecule has 0 spiro atoms. The molecule has 0 heterocycles. The van der Waals surface area contributed by atoms with Crippen molar-refractivity contribution in [1.82, 2.24) is 0 Å². The topological polar surface area (TPSA) is 17.1 Å². The van der Waals surface area contributed by atoms with E-state index in [1.165, 1.54) is 0 Å². The van der Waals surface area contributed by atoms with Crippen LogP contribution in [0.25, 0.3) is 12.2 Å². The van der Waals surface area contributed by atoms with Gasteiger partial charge in [-0.05, 0) is 35.7 Å². The summed E-state index contributed by atoms with van der Waals surface area (Å²) >= 11 is 5.57. The van der Waals surface area contributed by atoms with E-state index in [2.05, 4.69) is 0 Å². The smallest absolute Gasteiger partial charge is 0.252 e. The molecule has 1 nitrogen and oxygen atoms in total. The molecule has 0 radical (unpaired) electrons. The van der Waals surface area contributed by atoms with Crippen LogP contribution in [0.2, 0.25) is 0 Å². The van der Waals surface area contributed by atoms with Crippen LogP contribution in [0.4, 0.5) is 0 Å². The van der Waals surface area contributed by atoms with Crippen LogP contribution in [-0.2, 0) is 0 Å². The van der Waals surface area contributed by atoms with Gasteiger partial charge in [-0.25, -0.2) is 0 Å². The SMILES string of the molecule is Cc1ccc(C(=O)Cl)c(/C=C/c2ccccc2)c1. The number of carbonyl (C=O) groups is 1. The van der Waals surface area contributed by atoms with Gasteiger partial charge in [0.05, 0.1) is 0 Å². The average molecular weight is 257 g/mol. The van der Waals surface area contributed by atoms with Crippen LogP contribution in [0.15, 0.2) is 48.5 Å². The number of rotatable bonds is 3. The Morgan fingerprint density at radius 3 is 2.44 bits per heavy atom. The second-order valence-electron chi connectivity index (χ2n) is 4.11. The number of aryl methyl sites for hydroxylation is 1. The van der Waals surface area contributed by atoms with Gasteiger partial charge in [0.15, 0.2) is 0 Å². The van der Waals surface area contributed by atoms with Gasteiger partial charge in [0.1, 0.15) is 0 Å². The van der Waals surface area contributed by atoms with Crippen molar-refractivity contribution >= 4 is 29.0 Å². The fourth-order valence-corrected chi connectivity index (χ4v) is 1.92. The molecule has 2 rings (SSSR count). The lowest BCUT2D eigenvalue weighted by Gasteiger charge is -2.02. The summed E-state index contributed by atoms with van der Waals surface area (Å²) in [4.78, 5) is 11.3. The lowest BCUT2D eigenvalue weighted by molar-refractivity contribution is 0.108. The van der Waals surface area contributed by atoms with Crippen LogP contribution in [-0.4, -0.2) is 5.24 Å². The zero-order valence-corrected chi connectivity index (χ0v) is 10.8. The van der Waals surface area contributed by atoms with E-state index in [9.17, 15) is 4.79 Å². The van der Waals surface area contributed by atoms with Crippen molar-refractivity contribution in [1.29, 1.82) is 0 Å². The Labute approximate surface area is 112 Å². The summed E-state index contributed by atoms with van der Waals surface area (Å²) in [6.45, 7) is 1.99. The van der Waals surface area contributed by atoms with Crippen molar-refractivity contribution in [2.45, 2.75) is 6.92 Å². The van der Waals surface area contributed by atoms with Gasteiger partial charge in [0, 0.05) is 5.56 Å². The highest BCUT2D eigenvalue weighted by molar-refractivity contribution is 6.68. The molecular formula is C16H13ClO. The molecule has 2 aromatic carbocycles. The molecule has 18 heavy (non-hydrogen) atoms. The molecule has 0 aromatic heterocycles. The minimum atomic E-state index is -0.428. The van der Waals surface area contributed by atoms with Crippen molar-refractivity contribution < 1.29 is 4.79 Å². The zero-order chi connectivity index (χ0) is 13.0. The Bertz CT molecular complexity index is 585. The Morgan fingerprint density at radius 2 is 1.78 bits per heavy atom. The third-order valence-electron chi connectivity index (χ3n) is 2.67. The highest BCUT2D eigenvalue weighted by Gasteiger charge is 2.06. The summed E-state index contributed by atoms with van der Waals surface area (Å²) in [5.74, 6) is 0. The van der Waals surface area contributed by atoms with E-state index in [4.69, 9.17) is 11.6 Å². The zero-order valence-electron chi connectivity index (χ0n) is 10.1. The third kappa shape index (κ3) is 3.08. The fourth-order valence-electron chi connectivity index (χ4n) is 1.75. The number of hydrogen-bond acceptors (Lipinski definition) is 1. The maximum Gasteiger partial charge on any atom is 0.252 e. The molecule has 0 bridgehead atoms. The van der Waals surface area contributed by atoms with E-state index < -0.39 is 5.24 Å². The summed E-state index contributed by atoms with van der Waals surface area (Å²) in [7, 11) is 0. The molecule has 2 heteroatoms. The van der Waals surface area contributed by atoms with Crippen LogP contribution < -0.4 is 0 Å². The van der Waals surface area contributed by atoms with Crippen LogP contribution in [0.5, 0.6) is 0 Å². The van der Waals surface area contributed by atoms with Crippen molar-refractivity contribution in [3.63, 3.8) is 0 Å². The lowest BCUT2D eigenvalue weighted by atomic mass is 10.0. The van der Waals surface area contributed by atoms with Crippen LogP contribution >= 0.6 is 11.6 Å². The second kappa shape index (κ2) is 5.65. The largest absolute Gasteiger partial charge is 0.276 e. The summed E-state index contributed by atoms with van der Waals surface area (Å²) in [5.41, 5.74) is 3.57. The molecule has 0 amide bonds. The fraction of sp³-hybridized carbons (Fsp3) is 0.0625. The number of benzene rings is 2. The standard InChI is InChI=1S/C16H13ClO/c1-12-7-10-15(16(17)18)14(11-12)9-8-13-5-3-2-4-6-13/h2-11H,1H3/b9-8+. The molecule has 0 N–H and O–H groups in total. The Balaban J connectivity index is 2.36. The van der Waals surface area contributed by atoms with Gasteiger partial charge in [0.25, 0.3) is 5.24 Å². The van der Waals surface area contributed by atoms with Gasteiger partial charge >= 0.3 is 0 Å². The van der Waals surface area contributed by atoms with Gasteiger partial charge in [-0.3, -0.25) is 4.79 Å². The first kappa shape index (κ1) is 12.6. The van der Waals surface area contributed by atoms with Gasteiger partial charge in [0.2, 0.25) is 0 Å². The summed E-state index contributed by atoms with van der Waals surface area (Å²) in [5, 5.41) is -0.428. The van der Waals surface area contributed by atoms with Crippen LogP contribution in [0.1, 0.15) is 27.0 Å². The van der Waals surface area contributed by atoms with Gasteiger partial charge < -0.3 is 0 Å². The van der Waals surface area contributed by atoms with E-state index in [-0.39, 0.29) is 0 Å². The first-order valence-electron chi connectivity index (χ1n) is 5.70. The molecule has 0 aliphatic heterocycles. The number of hydrogen-bond donors (Lipinski definition) is 0. The quantitative estimate of drug-likeness (QED) is 0.582. The predicted octanol–water partition coefficient (Wildman–Crippen LogP) is 4.54. The van der Waals surface area contributed by atoms with Crippen molar-refractivity contribution in [2.75, 3.05) is 0 Å². The van der Waals surface area contributed by atoms with Crippen molar-refractivity contribution in [3.8, 4) is 0 Å². The maximum atomic E-state index is 11.3. The van der Waals surface area contributed by atoms with E-state index in [0.717, 1.165) is 16.7 Å². The first-order valence-corrected chi connectivity index (χ1v) is 6.08. The minimum absolute atomic E-state index is 0.428. The molecule has 0 atom stereocenters.